The van der Waals surface area contributed by atoms with Crippen LogP contribution >= 0.6 is 10.5 Å². The molecule has 12 heavy (non-hydrogen) atoms. The van der Waals surface area contributed by atoms with E-state index < -0.39 is 0 Å². The molecule has 2 rings (SSSR count). The molecule has 0 nitrogen and oxygen atoms in total. The Kier molecular flexibility index (Phi) is 2.05. The van der Waals surface area contributed by atoms with Gasteiger partial charge in [-0.05, 0) is 29.7 Å². The summed E-state index contributed by atoms with van der Waals surface area (Å²) in [6, 6.07) is 8.76. The first-order chi connectivity index (χ1) is 5.79. The molecule has 1 aromatic carbocycles. The zero-order chi connectivity index (χ0) is 8.55. The highest BCUT2D eigenvalue weighted by Crippen LogP contribution is 2.40. The summed E-state index contributed by atoms with van der Waals surface area (Å²) in [6.07, 6.45) is 1.31. The van der Waals surface area contributed by atoms with Gasteiger partial charge in [-0.1, -0.05) is 31.0 Å². The SMILES string of the molecule is C=S1CCC(C)c2ccccc21. The zero-order valence-electron chi connectivity index (χ0n) is 7.42. The summed E-state index contributed by atoms with van der Waals surface area (Å²) in [6.45, 7) is 2.31. The van der Waals surface area contributed by atoms with Crippen molar-refractivity contribution in [3.8, 4) is 0 Å². The van der Waals surface area contributed by atoms with Gasteiger partial charge in [0, 0.05) is 4.90 Å². The lowest BCUT2D eigenvalue weighted by Crippen LogP contribution is -2.04. The third-order valence-electron chi connectivity index (χ3n) is 2.56. The molecular formula is C11H14S. The highest BCUT2D eigenvalue weighted by Gasteiger charge is 2.16. The first-order valence-electron chi connectivity index (χ1n) is 4.38. The topological polar surface area (TPSA) is 0 Å². The van der Waals surface area contributed by atoms with E-state index in [9.17, 15) is 0 Å². The predicted molar refractivity (Wildman–Crippen MR) is 57.3 cm³/mol. The van der Waals surface area contributed by atoms with E-state index in [0.717, 1.165) is 5.92 Å². The van der Waals surface area contributed by atoms with Gasteiger partial charge in [-0.3, -0.25) is 0 Å². The summed E-state index contributed by atoms with van der Waals surface area (Å²) in [7, 11) is 0.264. The Morgan fingerprint density at radius 1 is 1.42 bits per heavy atom. The van der Waals surface area contributed by atoms with Crippen molar-refractivity contribution in [1.82, 2.24) is 0 Å². The average molecular weight is 178 g/mol. The number of fused-ring (bicyclic) bond motifs is 1. The molecule has 0 bridgehead atoms. The van der Waals surface area contributed by atoms with Crippen LogP contribution in [0, 0.1) is 0 Å². The molecule has 0 saturated heterocycles. The van der Waals surface area contributed by atoms with Crippen LogP contribution in [-0.2, 0) is 0 Å². The minimum absolute atomic E-state index is 0.264. The van der Waals surface area contributed by atoms with Gasteiger partial charge in [0.25, 0.3) is 0 Å². The molecule has 0 N–H and O–H groups in total. The number of rotatable bonds is 0. The molecule has 0 fully saturated rings. The van der Waals surface area contributed by atoms with Gasteiger partial charge in [-0.25, -0.2) is 0 Å². The van der Waals surface area contributed by atoms with Crippen molar-refractivity contribution >= 4 is 16.4 Å². The van der Waals surface area contributed by atoms with Gasteiger partial charge < -0.3 is 0 Å². The molecule has 2 atom stereocenters. The van der Waals surface area contributed by atoms with E-state index in [2.05, 4.69) is 37.1 Å². The quantitative estimate of drug-likeness (QED) is 0.535. The molecule has 0 radical (unpaired) electrons. The van der Waals surface area contributed by atoms with E-state index in [-0.39, 0.29) is 10.5 Å². The molecule has 0 aromatic heterocycles. The van der Waals surface area contributed by atoms with Crippen molar-refractivity contribution in [1.29, 1.82) is 0 Å². The molecule has 2 unspecified atom stereocenters. The van der Waals surface area contributed by atoms with E-state index in [1.165, 1.54) is 22.6 Å². The van der Waals surface area contributed by atoms with Crippen LogP contribution in [-0.4, -0.2) is 11.6 Å². The molecule has 1 heteroatoms. The second-order valence-electron chi connectivity index (χ2n) is 3.42. The summed E-state index contributed by atoms with van der Waals surface area (Å²) in [5.41, 5.74) is 1.53. The van der Waals surface area contributed by atoms with E-state index in [1.807, 2.05) is 0 Å². The fraction of sp³-hybridized carbons (Fsp3) is 0.364. The molecule has 1 aliphatic heterocycles. The highest BCUT2D eigenvalue weighted by atomic mass is 32.2. The highest BCUT2D eigenvalue weighted by molar-refractivity contribution is 8.14. The summed E-state index contributed by atoms with van der Waals surface area (Å²) in [4.78, 5) is 1.50. The van der Waals surface area contributed by atoms with E-state index in [1.54, 1.807) is 0 Å². The Labute approximate surface area is 76.5 Å². The largest absolute Gasteiger partial charge is 0.162 e. The number of hydrogen-bond acceptors (Lipinski definition) is 0. The normalized spacial score (nSPS) is 28.1. The molecule has 0 aliphatic carbocycles. The van der Waals surface area contributed by atoms with Gasteiger partial charge in [-0.2, -0.15) is 10.5 Å². The molecule has 0 spiro atoms. The van der Waals surface area contributed by atoms with Crippen LogP contribution in [0.3, 0.4) is 0 Å². The first-order valence-corrected chi connectivity index (χ1v) is 5.95. The van der Waals surface area contributed by atoms with E-state index in [0.29, 0.717) is 0 Å². The minimum atomic E-state index is 0.264. The van der Waals surface area contributed by atoms with Gasteiger partial charge >= 0.3 is 0 Å². The Morgan fingerprint density at radius 3 is 2.92 bits per heavy atom. The van der Waals surface area contributed by atoms with Gasteiger partial charge in [0.05, 0.1) is 0 Å². The van der Waals surface area contributed by atoms with Crippen LogP contribution in [0.25, 0.3) is 0 Å². The van der Waals surface area contributed by atoms with Gasteiger partial charge in [0.1, 0.15) is 0 Å². The summed E-state index contributed by atoms with van der Waals surface area (Å²) in [5, 5.41) is 0. The lowest BCUT2D eigenvalue weighted by Gasteiger charge is -2.24. The van der Waals surface area contributed by atoms with Crippen LogP contribution < -0.4 is 0 Å². The fourth-order valence-electron chi connectivity index (χ4n) is 1.74. The maximum Gasteiger partial charge on any atom is 0.00460 e. The van der Waals surface area contributed by atoms with Crippen molar-refractivity contribution in [2.75, 3.05) is 5.75 Å². The second-order valence-corrected chi connectivity index (χ2v) is 5.26. The number of benzene rings is 1. The van der Waals surface area contributed by atoms with Gasteiger partial charge in [0.2, 0.25) is 0 Å². The molecule has 1 heterocycles. The standard InChI is InChI=1S/C11H14S/c1-9-7-8-12(2)11-6-4-3-5-10(9)11/h3-6,9H,2,7-8H2,1H3. The Bertz CT molecular complexity index is 315. The average Bonchev–Trinajstić information content (AvgIpc) is 2.12. The smallest absolute Gasteiger partial charge is 0.00460 e. The maximum atomic E-state index is 4.20. The van der Waals surface area contributed by atoms with Crippen LogP contribution in [0.1, 0.15) is 24.8 Å². The van der Waals surface area contributed by atoms with Crippen molar-refractivity contribution < 1.29 is 0 Å². The van der Waals surface area contributed by atoms with Crippen molar-refractivity contribution in [2.24, 2.45) is 0 Å². The van der Waals surface area contributed by atoms with Crippen LogP contribution in [0.15, 0.2) is 29.2 Å². The fourth-order valence-corrected chi connectivity index (χ4v) is 3.47. The lowest BCUT2D eigenvalue weighted by atomic mass is 9.98. The third kappa shape index (κ3) is 1.22. The second kappa shape index (κ2) is 3.06. The summed E-state index contributed by atoms with van der Waals surface area (Å²) < 4.78 is 0. The Hall–Kier alpha value is -0.560. The summed E-state index contributed by atoms with van der Waals surface area (Å²) >= 11 is 0. The van der Waals surface area contributed by atoms with Crippen molar-refractivity contribution in [3.05, 3.63) is 29.8 Å². The molecule has 0 saturated carbocycles. The molecule has 64 valence electrons. The van der Waals surface area contributed by atoms with Gasteiger partial charge in [0.15, 0.2) is 0 Å². The predicted octanol–water partition coefficient (Wildman–Crippen LogP) is 3.25. The molecule has 0 amide bonds. The molecule has 1 aliphatic rings. The Morgan fingerprint density at radius 2 is 2.17 bits per heavy atom. The molecule has 1 aromatic rings. The third-order valence-corrected chi connectivity index (χ3v) is 4.28. The van der Waals surface area contributed by atoms with E-state index >= 15 is 0 Å². The molecular weight excluding hydrogens is 164 g/mol. The maximum absolute atomic E-state index is 4.20. The van der Waals surface area contributed by atoms with Crippen LogP contribution in [0.2, 0.25) is 0 Å². The zero-order valence-corrected chi connectivity index (χ0v) is 8.23. The van der Waals surface area contributed by atoms with Crippen molar-refractivity contribution in [3.63, 3.8) is 0 Å². The summed E-state index contributed by atoms with van der Waals surface area (Å²) in [5.74, 6) is 6.22. The monoisotopic (exact) mass is 178 g/mol. The van der Waals surface area contributed by atoms with Crippen LogP contribution in [0.5, 0.6) is 0 Å². The van der Waals surface area contributed by atoms with Crippen molar-refractivity contribution in [2.45, 2.75) is 24.2 Å². The Balaban J connectivity index is 2.55. The van der Waals surface area contributed by atoms with Gasteiger partial charge in [-0.15, -0.1) is 0 Å². The number of hydrogen-bond donors (Lipinski definition) is 0. The van der Waals surface area contributed by atoms with Crippen LogP contribution in [0.4, 0.5) is 0 Å². The lowest BCUT2D eigenvalue weighted by molar-refractivity contribution is 0.713. The minimum Gasteiger partial charge on any atom is -0.162 e. The van der Waals surface area contributed by atoms with E-state index in [4.69, 9.17) is 0 Å². The first kappa shape index (κ1) is 8.06.